The average molecular weight is 735 g/mol. The number of rotatable bonds is 4. The first kappa shape index (κ1) is 36.7. The van der Waals surface area contributed by atoms with Gasteiger partial charge in [-0.2, -0.15) is 52.7 Å². The Hall–Kier alpha value is -3.53. The second-order valence-electron chi connectivity index (χ2n) is 13.7. The van der Waals surface area contributed by atoms with Crippen molar-refractivity contribution in [2.75, 3.05) is 0 Å². The summed E-state index contributed by atoms with van der Waals surface area (Å²) in [4.78, 5) is 0. The molecule has 1 aliphatic rings. The molecule has 0 bridgehead atoms. The lowest BCUT2D eigenvalue weighted by atomic mass is 10.0. The van der Waals surface area contributed by atoms with E-state index >= 15 is 0 Å². The summed E-state index contributed by atoms with van der Waals surface area (Å²) < 4.78 is 166. The summed E-state index contributed by atoms with van der Waals surface area (Å²) in [5.74, 6) is 0. The third-order valence-corrected chi connectivity index (χ3v) is 16.4. The van der Waals surface area contributed by atoms with Crippen molar-refractivity contribution in [2.45, 2.75) is 71.2 Å². The fourth-order valence-electron chi connectivity index (χ4n) is 6.73. The molecular weight excluding hydrogens is 705 g/mol. The SMILES string of the molecule is Cc1cc2c(c([Si](C)(C)c3cc(C(F)(F)F)cc(C(F)(F)F)c3)c1)Cc1c-2cc(C)cc1[Si](C)(C)c1cc(C(F)(F)F)cc(C(F)(F)F)c1. The van der Waals surface area contributed by atoms with Crippen molar-refractivity contribution < 1.29 is 52.7 Å². The minimum atomic E-state index is -5.04. The Morgan fingerprint density at radius 1 is 0.408 bits per heavy atom. The first-order valence-corrected chi connectivity index (χ1v) is 21.0. The van der Waals surface area contributed by atoms with Gasteiger partial charge in [-0.25, -0.2) is 0 Å². The monoisotopic (exact) mass is 734 g/mol. The molecule has 0 unspecified atom stereocenters. The molecular formula is C35H30F12Si2. The fraction of sp³-hybridized carbons (Fsp3) is 0.314. The molecule has 0 atom stereocenters. The number of hydrogen-bond acceptors (Lipinski definition) is 0. The molecule has 0 fully saturated rings. The van der Waals surface area contributed by atoms with Gasteiger partial charge < -0.3 is 0 Å². The van der Waals surface area contributed by atoms with Crippen LogP contribution in [0.2, 0.25) is 26.2 Å². The van der Waals surface area contributed by atoms with Crippen LogP contribution in [-0.4, -0.2) is 16.1 Å². The van der Waals surface area contributed by atoms with Crippen LogP contribution in [0.1, 0.15) is 44.5 Å². The highest BCUT2D eigenvalue weighted by Gasteiger charge is 2.43. The highest BCUT2D eigenvalue weighted by molar-refractivity contribution is 7.01. The van der Waals surface area contributed by atoms with Gasteiger partial charge in [0.2, 0.25) is 0 Å². The lowest BCUT2D eigenvalue weighted by Crippen LogP contribution is -2.55. The van der Waals surface area contributed by atoms with E-state index in [-0.39, 0.29) is 28.9 Å². The molecule has 0 saturated heterocycles. The van der Waals surface area contributed by atoms with Crippen LogP contribution >= 0.6 is 0 Å². The van der Waals surface area contributed by atoms with Crippen LogP contribution in [0, 0.1) is 13.8 Å². The Bertz CT molecular complexity index is 1750. The number of alkyl halides is 12. The molecule has 1 aliphatic carbocycles. The molecule has 49 heavy (non-hydrogen) atoms. The molecule has 4 aromatic carbocycles. The van der Waals surface area contributed by atoms with Gasteiger partial charge >= 0.3 is 24.7 Å². The van der Waals surface area contributed by atoms with Gasteiger partial charge in [-0.1, -0.05) is 107 Å². The van der Waals surface area contributed by atoms with Gasteiger partial charge in [0.15, 0.2) is 0 Å². The zero-order valence-electron chi connectivity index (χ0n) is 27.0. The Balaban J connectivity index is 1.72. The van der Waals surface area contributed by atoms with E-state index in [0.29, 0.717) is 43.8 Å². The van der Waals surface area contributed by atoms with Gasteiger partial charge in [0, 0.05) is 0 Å². The second-order valence-corrected chi connectivity index (χ2v) is 22.4. The zero-order valence-corrected chi connectivity index (χ0v) is 29.0. The Morgan fingerprint density at radius 2 is 0.673 bits per heavy atom. The molecule has 262 valence electrons. The normalized spacial score (nSPS) is 14.2. The average Bonchev–Trinajstić information content (AvgIpc) is 3.31. The topological polar surface area (TPSA) is 0 Å². The molecule has 0 radical (unpaired) electrons. The van der Waals surface area contributed by atoms with E-state index in [2.05, 4.69) is 0 Å². The molecule has 0 heterocycles. The maximum atomic E-state index is 13.8. The summed E-state index contributed by atoms with van der Waals surface area (Å²) in [6, 6.07) is 10.4. The summed E-state index contributed by atoms with van der Waals surface area (Å²) in [7, 11) is -6.68. The Kier molecular flexibility index (Phi) is 8.63. The third-order valence-electron chi connectivity index (χ3n) is 9.40. The summed E-state index contributed by atoms with van der Waals surface area (Å²) in [5.41, 5.74) is -1.60. The van der Waals surface area contributed by atoms with Crippen molar-refractivity contribution in [1.29, 1.82) is 0 Å². The van der Waals surface area contributed by atoms with E-state index < -0.39 is 63.1 Å². The fourth-order valence-corrected chi connectivity index (χ4v) is 12.5. The van der Waals surface area contributed by atoms with Crippen LogP contribution in [0.15, 0.2) is 60.7 Å². The Labute approximate surface area is 276 Å². The number of fused-ring (bicyclic) bond motifs is 3. The van der Waals surface area contributed by atoms with E-state index in [0.717, 1.165) is 24.3 Å². The van der Waals surface area contributed by atoms with Crippen molar-refractivity contribution in [3.8, 4) is 11.1 Å². The van der Waals surface area contributed by atoms with Gasteiger partial charge in [-0.3, -0.25) is 0 Å². The first-order chi connectivity index (χ1) is 22.1. The summed E-state index contributed by atoms with van der Waals surface area (Å²) in [5, 5.41) is 1.00. The molecule has 0 saturated carbocycles. The lowest BCUT2D eigenvalue weighted by Gasteiger charge is -2.29. The predicted octanol–water partition coefficient (Wildman–Crippen LogP) is 9.60. The summed E-state index contributed by atoms with van der Waals surface area (Å²) >= 11 is 0. The van der Waals surface area contributed by atoms with Crippen LogP contribution in [0.25, 0.3) is 11.1 Å². The molecule has 14 heteroatoms. The maximum Gasteiger partial charge on any atom is 0.416 e. The van der Waals surface area contributed by atoms with Crippen molar-refractivity contribution >= 4 is 36.9 Å². The van der Waals surface area contributed by atoms with Crippen LogP contribution < -0.4 is 20.7 Å². The van der Waals surface area contributed by atoms with E-state index in [1.54, 1.807) is 52.2 Å². The van der Waals surface area contributed by atoms with Crippen LogP contribution in [-0.2, 0) is 31.1 Å². The molecule has 0 aliphatic heterocycles. The molecule has 0 aromatic heterocycles. The van der Waals surface area contributed by atoms with E-state index in [9.17, 15) is 52.7 Å². The van der Waals surface area contributed by atoms with Gasteiger partial charge in [0.25, 0.3) is 0 Å². The molecule has 0 amide bonds. The van der Waals surface area contributed by atoms with Gasteiger partial charge in [0.1, 0.15) is 16.1 Å². The van der Waals surface area contributed by atoms with Crippen LogP contribution in [0.4, 0.5) is 52.7 Å². The van der Waals surface area contributed by atoms with E-state index in [1.165, 1.54) is 0 Å². The van der Waals surface area contributed by atoms with Crippen LogP contribution in [0.3, 0.4) is 0 Å². The molecule has 4 aromatic rings. The van der Waals surface area contributed by atoms with Gasteiger partial charge in [-0.05, 0) is 54.7 Å². The third kappa shape index (κ3) is 6.82. The van der Waals surface area contributed by atoms with Gasteiger partial charge in [0.05, 0.1) is 22.3 Å². The molecule has 0 spiro atoms. The van der Waals surface area contributed by atoms with Crippen molar-refractivity contribution in [2.24, 2.45) is 0 Å². The molecule has 0 N–H and O–H groups in total. The smallest absolute Gasteiger partial charge is 0.166 e. The number of aryl methyl sites for hydroxylation is 2. The van der Waals surface area contributed by atoms with Crippen molar-refractivity contribution in [3.05, 3.63) is 105 Å². The standard InChI is InChI=1S/C35H30F12Si2/c1-18-7-26-27-8-19(2)10-31(49(5,6)25-15-22(34(42,43)44)12-23(16-25)35(45,46)47)29(27)17-28(26)30(9-18)48(3,4)24-13-20(32(36,37)38)11-21(14-24)33(39,40)41/h7-16H,17H2,1-6H3. The summed E-state index contributed by atoms with van der Waals surface area (Å²) in [6.07, 6.45) is -20.0. The number of benzene rings is 4. The van der Waals surface area contributed by atoms with E-state index in [1.807, 2.05) is 12.1 Å². The minimum Gasteiger partial charge on any atom is -0.166 e. The first-order valence-electron chi connectivity index (χ1n) is 15.0. The highest BCUT2D eigenvalue weighted by Crippen LogP contribution is 2.40. The predicted molar refractivity (Wildman–Crippen MR) is 171 cm³/mol. The molecule has 0 nitrogen and oxygen atoms in total. The second kappa shape index (κ2) is 11.5. The van der Waals surface area contributed by atoms with E-state index in [4.69, 9.17) is 0 Å². The lowest BCUT2D eigenvalue weighted by molar-refractivity contribution is -0.144. The minimum absolute atomic E-state index is 0.0875. The number of hydrogen-bond donors (Lipinski definition) is 0. The highest BCUT2D eigenvalue weighted by atomic mass is 28.3. The number of halogens is 12. The largest absolute Gasteiger partial charge is 0.416 e. The van der Waals surface area contributed by atoms with Crippen LogP contribution in [0.5, 0.6) is 0 Å². The van der Waals surface area contributed by atoms with Gasteiger partial charge in [-0.15, -0.1) is 0 Å². The maximum absolute atomic E-state index is 13.8. The Morgan fingerprint density at radius 3 is 0.918 bits per heavy atom. The zero-order chi connectivity index (χ0) is 36.9. The quantitative estimate of drug-likeness (QED) is 0.128. The van der Waals surface area contributed by atoms with Crippen molar-refractivity contribution in [1.82, 2.24) is 0 Å². The van der Waals surface area contributed by atoms with Crippen molar-refractivity contribution in [3.63, 3.8) is 0 Å². The summed E-state index contributed by atoms with van der Waals surface area (Å²) in [6.45, 7) is 10.1. The molecule has 5 rings (SSSR count).